The first-order valence-electron chi connectivity index (χ1n) is 8.13. The quantitative estimate of drug-likeness (QED) is 0.880. The molecule has 1 aliphatic heterocycles. The molecule has 1 aromatic heterocycles. The number of fused-ring (bicyclic) bond motifs is 1. The average Bonchev–Trinajstić information content (AvgIpc) is 3.12. The largest absolute Gasteiger partial charge is 0.465 e. The van der Waals surface area contributed by atoms with Gasteiger partial charge >= 0.3 is 5.97 Å². The van der Waals surface area contributed by atoms with Crippen LogP contribution < -0.4 is 5.32 Å². The molecule has 1 N–H and O–H groups in total. The maximum absolute atomic E-state index is 13.0. The fourth-order valence-corrected chi connectivity index (χ4v) is 3.55. The van der Waals surface area contributed by atoms with Crippen LogP contribution in [0.25, 0.3) is 0 Å². The average molecular weight is 326 g/mol. The van der Waals surface area contributed by atoms with E-state index in [1.165, 1.54) is 7.11 Å². The second kappa shape index (κ2) is 6.15. The lowest BCUT2D eigenvalue weighted by molar-refractivity contribution is 0.0596. The summed E-state index contributed by atoms with van der Waals surface area (Å²) in [7, 11) is 1.34. The molecule has 0 radical (unpaired) electrons. The highest BCUT2D eigenvalue weighted by atomic mass is 16.5. The van der Waals surface area contributed by atoms with E-state index < -0.39 is 5.97 Å². The third-order valence-corrected chi connectivity index (χ3v) is 4.76. The second-order valence-corrected chi connectivity index (χ2v) is 6.25. The summed E-state index contributed by atoms with van der Waals surface area (Å²) >= 11 is 0. The van der Waals surface area contributed by atoms with Crippen LogP contribution >= 0.6 is 0 Å². The molecule has 0 bridgehead atoms. The van der Waals surface area contributed by atoms with Crippen LogP contribution in [-0.4, -0.2) is 23.6 Å². The summed E-state index contributed by atoms with van der Waals surface area (Å²) in [6, 6.07) is 5.87. The van der Waals surface area contributed by atoms with Crippen LogP contribution in [0.2, 0.25) is 0 Å². The Hall–Kier alpha value is -2.56. The predicted molar refractivity (Wildman–Crippen MR) is 92.7 cm³/mol. The number of amides is 1. The van der Waals surface area contributed by atoms with Crippen molar-refractivity contribution in [3.05, 3.63) is 51.8 Å². The summed E-state index contributed by atoms with van der Waals surface area (Å²) in [4.78, 5) is 25.2. The Bertz CT molecular complexity index is 813. The van der Waals surface area contributed by atoms with Gasteiger partial charge in [0.05, 0.1) is 18.2 Å². The molecule has 3 rings (SSSR count). The van der Waals surface area contributed by atoms with E-state index in [2.05, 4.69) is 9.88 Å². The van der Waals surface area contributed by atoms with Gasteiger partial charge in [0.15, 0.2) is 0 Å². The Morgan fingerprint density at radius 3 is 2.42 bits per heavy atom. The highest BCUT2D eigenvalue weighted by Gasteiger charge is 2.32. The highest BCUT2D eigenvalue weighted by Crippen LogP contribution is 2.31. The van der Waals surface area contributed by atoms with E-state index >= 15 is 0 Å². The number of nitrogens with one attached hydrogen (secondary N) is 1. The van der Waals surface area contributed by atoms with Crippen molar-refractivity contribution in [1.29, 1.82) is 0 Å². The number of methoxy groups -OCH3 is 1. The van der Waals surface area contributed by atoms with E-state index in [9.17, 15) is 9.59 Å². The van der Waals surface area contributed by atoms with Crippen molar-refractivity contribution in [1.82, 2.24) is 4.57 Å². The fraction of sp³-hybridized carbons (Fsp3) is 0.368. The normalized spacial score (nSPS) is 12.8. The minimum atomic E-state index is -0.457. The van der Waals surface area contributed by atoms with Crippen molar-refractivity contribution < 1.29 is 14.3 Å². The number of carbonyl (C=O) groups excluding carboxylic acids is 2. The van der Waals surface area contributed by atoms with Gasteiger partial charge < -0.3 is 14.6 Å². The zero-order chi connectivity index (χ0) is 17.4. The van der Waals surface area contributed by atoms with Gasteiger partial charge in [0.2, 0.25) is 0 Å². The van der Waals surface area contributed by atoms with Gasteiger partial charge in [0.25, 0.3) is 5.91 Å². The Kier molecular flexibility index (Phi) is 4.18. The van der Waals surface area contributed by atoms with Gasteiger partial charge in [0, 0.05) is 23.6 Å². The number of anilines is 1. The molecule has 0 spiro atoms. The maximum atomic E-state index is 13.0. The van der Waals surface area contributed by atoms with E-state index in [4.69, 9.17) is 4.74 Å². The Balaban J connectivity index is 2.07. The number of ether oxygens (including phenoxy) is 1. The van der Waals surface area contributed by atoms with Gasteiger partial charge in [0.1, 0.15) is 0 Å². The number of hydrogen-bond acceptors (Lipinski definition) is 3. The van der Waals surface area contributed by atoms with Gasteiger partial charge in [-0.3, -0.25) is 4.79 Å². The molecular weight excluding hydrogens is 304 g/mol. The number of esters is 1. The van der Waals surface area contributed by atoms with E-state index in [0.717, 1.165) is 47.6 Å². The number of nitrogens with zero attached hydrogens (tertiary/aromatic N) is 1. The Labute approximate surface area is 141 Å². The molecule has 1 aromatic carbocycles. The number of carbonyl (C=O) groups is 2. The van der Waals surface area contributed by atoms with Crippen molar-refractivity contribution in [3.8, 4) is 0 Å². The van der Waals surface area contributed by atoms with Gasteiger partial charge in [-0.2, -0.15) is 0 Å². The Morgan fingerprint density at radius 2 is 1.79 bits per heavy atom. The molecule has 126 valence electrons. The van der Waals surface area contributed by atoms with E-state index in [-0.39, 0.29) is 5.91 Å². The highest BCUT2D eigenvalue weighted by molar-refractivity contribution is 6.13. The zero-order valence-electron chi connectivity index (χ0n) is 14.5. The molecule has 1 amide bonds. The van der Waals surface area contributed by atoms with Gasteiger partial charge in [-0.15, -0.1) is 0 Å². The molecule has 0 unspecified atom stereocenters. The summed E-state index contributed by atoms with van der Waals surface area (Å²) < 4.78 is 6.97. The zero-order valence-corrected chi connectivity index (χ0v) is 14.5. The van der Waals surface area contributed by atoms with E-state index in [0.29, 0.717) is 11.1 Å². The lowest BCUT2D eigenvalue weighted by Gasteiger charge is -2.12. The molecule has 24 heavy (non-hydrogen) atoms. The Morgan fingerprint density at radius 1 is 1.12 bits per heavy atom. The molecule has 5 nitrogen and oxygen atoms in total. The number of benzene rings is 1. The van der Waals surface area contributed by atoms with Gasteiger partial charge in [-0.05, 0) is 44.7 Å². The van der Waals surface area contributed by atoms with Crippen LogP contribution in [0.3, 0.4) is 0 Å². The minimum absolute atomic E-state index is 0.244. The number of aryl methyl sites for hydroxylation is 2. The molecule has 1 aliphatic rings. The summed E-state index contributed by atoms with van der Waals surface area (Å²) in [6.45, 7) is 6.62. The molecule has 5 heteroatoms. The molecule has 2 aromatic rings. The van der Waals surface area contributed by atoms with E-state index in [1.54, 1.807) is 0 Å². The van der Waals surface area contributed by atoms with Crippen molar-refractivity contribution in [3.63, 3.8) is 0 Å². The lowest BCUT2D eigenvalue weighted by atomic mass is 10.0. The van der Waals surface area contributed by atoms with Crippen LogP contribution in [0, 0.1) is 20.8 Å². The summed E-state index contributed by atoms with van der Waals surface area (Å²) in [5.74, 6) is -0.701. The summed E-state index contributed by atoms with van der Waals surface area (Å²) in [6.07, 6.45) is 1.79. The predicted octanol–water partition coefficient (Wildman–Crippen LogP) is 3.40. The van der Waals surface area contributed by atoms with Gasteiger partial charge in [-0.25, -0.2) is 4.79 Å². The van der Waals surface area contributed by atoms with Crippen molar-refractivity contribution in [2.75, 3.05) is 12.4 Å². The van der Waals surface area contributed by atoms with Crippen molar-refractivity contribution in [2.45, 2.75) is 40.2 Å². The first-order valence-corrected chi connectivity index (χ1v) is 8.13. The molecular formula is C19H22N2O3. The third-order valence-electron chi connectivity index (χ3n) is 4.76. The monoisotopic (exact) mass is 326 g/mol. The number of rotatable bonds is 3. The van der Waals surface area contributed by atoms with Crippen LogP contribution in [0.15, 0.2) is 18.2 Å². The fourth-order valence-electron chi connectivity index (χ4n) is 3.55. The van der Waals surface area contributed by atoms with Crippen LogP contribution in [-0.2, 0) is 17.7 Å². The molecule has 0 aliphatic carbocycles. The number of para-hydroxylation sites is 1. The summed E-state index contributed by atoms with van der Waals surface area (Å²) in [5.41, 5.74) is 5.37. The first-order chi connectivity index (χ1) is 11.5. The molecule has 0 fully saturated rings. The lowest BCUT2D eigenvalue weighted by Crippen LogP contribution is -2.18. The topological polar surface area (TPSA) is 60.3 Å². The summed E-state index contributed by atoms with van der Waals surface area (Å²) in [5, 5.41) is 3.00. The van der Waals surface area contributed by atoms with Crippen LogP contribution in [0.4, 0.5) is 5.69 Å². The second-order valence-electron chi connectivity index (χ2n) is 6.25. The number of aromatic nitrogens is 1. The first kappa shape index (κ1) is 16.3. The number of hydrogen-bond donors (Lipinski definition) is 1. The molecule has 0 atom stereocenters. The van der Waals surface area contributed by atoms with Crippen molar-refractivity contribution in [2.24, 2.45) is 0 Å². The third kappa shape index (κ3) is 2.50. The van der Waals surface area contributed by atoms with Crippen LogP contribution in [0.1, 0.15) is 49.7 Å². The molecule has 0 saturated carbocycles. The standard InChI is InChI=1S/C19H22N2O3/c1-11-7-5-8-12(2)17(11)20-18(22)16-14-9-6-10-21(14)13(3)15(16)19(23)24-4/h5,7-8H,6,9-10H2,1-4H3,(H,20,22). The van der Waals surface area contributed by atoms with E-state index in [1.807, 2.05) is 39.0 Å². The smallest absolute Gasteiger partial charge is 0.340 e. The molecule has 0 saturated heterocycles. The van der Waals surface area contributed by atoms with Gasteiger partial charge in [-0.1, -0.05) is 18.2 Å². The van der Waals surface area contributed by atoms with Crippen LogP contribution in [0.5, 0.6) is 0 Å². The SMILES string of the molecule is COC(=O)c1c(C(=O)Nc2c(C)cccc2C)c2n(c1C)CCC2. The molecule has 2 heterocycles. The van der Waals surface area contributed by atoms with Crippen molar-refractivity contribution >= 4 is 17.6 Å². The minimum Gasteiger partial charge on any atom is -0.465 e. The maximum Gasteiger partial charge on any atom is 0.340 e.